The standard InChI is InChI=1S/C8H15BrO/c1-8(2)4-7-10-6-3-5-9/h3,5,8H,4,6-7H2,1-2H3/b5-3-. The molecule has 0 aromatic rings. The molecule has 0 N–H and O–H groups in total. The predicted octanol–water partition coefficient (Wildman–Crippen LogP) is 2.96. The summed E-state index contributed by atoms with van der Waals surface area (Å²) in [5.41, 5.74) is 0. The van der Waals surface area contributed by atoms with Gasteiger partial charge in [-0.1, -0.05) is 35.9 Å². The molecule has 0 aromatic carbocycles. The van der Waals surface area contributed by atoms with Crippen molar-refractivity contribution in [3.8, 4) is 0 Å². The fraction of sp³-hybridized carbons (Fsp3) is 0.750. The normalized spacial score (nSPS) is 11.6. The molecule has 10 heavy (non-hydrogen) atoms. The Balaban J connectivity index is 2.91. The van der Waals surface area contributed by atoms with Crippen molar-refractivity contribution in [2.75, 3.05) is 13.2 Å². The lowest BCUT2D eigenvalue weighted by atomic mass is 10.1. The lowest BCUT2D eigenvalue weighted by Crippen LogP contribution is -1.98. The summed E-state index contributed by atoms with van der Waals surface area (Å²) in [7, 11) is 0. The minimum Gasteiger partial charge on any atom is -0.377 e. The minimum atomic E-state index is 0.720. The zero-order valence-corrected chi connectivity index (χ0v) is 8.23. The Morgan fingerprint density at radius 1 is 1.50 bits per heavy atom. The summed E-state index contributed by atoms with van der Waals surface area (Å²) in [6.07, 6.45) is 3.09. The van der Waals surface area contributed by atoms with E-state index in [1.54, 1.807) is 0 Å². The molecule has 0 saturated carbocycles. The van der Waals surface area contributed by atoms with E-state index in [2.05, 4.69) is 29.8 Å². The van der Waals surface area contributed by atoms with E-state index in [1.807, 2.05) is 11.1 Å². The predicted molar refractivity (Wildman–Crippen MR) is 48.3 cm³/mol. The van der Waals surface area contributed by atoms with Crippen molar-refractivity contribution in [3.63, 3.8) is 0 Å². The first-order valence-electron chi connectivity index (χ1n) is 3.60. The Bertz CT molecular complexity index is 89.3. The minimum absolute atomic E-state index is 0.720. The molecule has 0 rings (SSSR count). The molecule has 0 aliphatic heterocycles. The van der Waals surface area contributed by atoms with Gasteiger partial charge in [-0.05, 0) is 17.3 Å². The Morgan fingerprint density at radius 2 is 2.20 bits per heavy atom. The second-order valence-electron chi connectivity index (χ2n) is 2.62. The zero-order valence-electron chi connectivity index (χ0n) is 6.64. The average Bonchev–Trinajstić information content (AvgIpc) is 1.87. The van der Waals surface area contributed by atoms with E-state index in [0.717, 1.165) is 25.6 Å². The van der Waals surface area contributed by atoms with Crippen LogP contribution < -0.4 is 0 Å². The van der Waals surface area contributed by atoms with Gasteiger partial charge in [-0.15, -0.1) is 0 Å². The van der Waals surface area contributed by atoms with Crippen LogP contribution in [0.3, 0.4) is 0 Å². The molecular weight excluding hydrogens is 192 g/mol. The lowest BCUT2D eigenvalue weighted by molar-refractivity contribution is 0.150. The number of halogens is 1. The fourth-order valence-electron chi connectivity index (χ4n) is 0.507. The van der Waals surface area contributed by atoms with Gasteiger partial charge < -0.3 is 4.74 Å². The number of hydrogen-bond acceptors (Lipinski definition) is 1. The summed E-state index contributed by atoms with van der Waals surface area (Å²) < 4.78 is 5.27. The number of rotatable bonds is 5. The van der Waals surface area contributed by atoms with E-state index in [-0.39, 0.29) is 0 Å². The van der Waals surface area contributed by atoms with Crippen LogP contribution in [0.4, 0.5) is 0 Å². The van der Waals surface area contributed by atoms with Gasteiger partial charge in [-0.3, -0.25) is 0 Å². The largest absolute Gasteiger partial charge is 0.377 e. The molecule has 0 radical (unpaired) electrons. The molecule has 0 heterocycles. The van der Waals surface area contributed by atoms with Gasteiger partial charge in [-0.2, -0.15) is 0 Å². The van der Waals surface area contributed by atoms with Crippen molar-refractivity contribution in [2.24, 2.45) is 5.92 Å². The monoisotopic (exact) mass is 206 g/mol. The second kappa shape index (κ2) is 7.29. The van der Waals surface area contributed by atoms with Gasteiger partial charge >= 0.3 is 0 Å². The molecule has 1 nitrogen and oxygen atoms in total. The van der Waals surface area contributed by atoms with Crippen LogP contribution in [0.25, 0.3) is 0 Å². The van der Waals surface area contributed by atoms with E-state index in [0.29, 0.717) is 0 Å². The quantitative estimate of drug-likeness (QED) is 0.629. The van der Waals surface area contributed by atoms with Crippen molar-refractivity contribution in [1.29, 1.82) is 0 Å². The molecule has 0 saturated heterocycles. The van der Waals surface area contributed by atoms with Crippen LogP contribution >= 0.6 is 15.9 Å². The van der Waals surface area contributed by atoms with Crippen molar-refractivity contribution in [2.45, 2.75) is 20.3 Å². The summed E-state index contributed by atoms with van der Waals surface area (Å²) in [6.45, 7) is 5.99. The zero-order chi connectivity index (χ0) is 7.82. The first kappa shape index (κ1) is 10.2. The van der Waals surface area contributed by atoms with Crippen molar-refractivity contribution >= 4 is 15.9 Å². The van der Waals surface area contributed by atoms with Gasteiger partial charge in [0.05, 0.1) is 6.61 Å². The Kier molecular flexibility index (Phi) is 7.42. The first-order valence-corrected chi connectivity index (χ1v) is 4.52. The molecule has 0 amide bonds. The highest BCUT2D eigenvalue weighted by Gasteiger charge is 1.91. The lowest BCUT2D eigenvalue weighted by Gasteiger charge is -2.02. The van der Waals surface area contributed by atoms with Crippen LogP contribution in [0.2, 0.25) is 0 Å². The molecule has 0 unspecified atom stereocenters. The van der Waals surface area contributed by atoms with Gasteiger partial charge in [0.1, 0.15) is 0 Å². The molecule has 0 spiro atoms. The molecule has 0 bridgehead atoms. The van der Waals surface area contributed by atoms with Crippen molar-refractivity contribution < 1.29 is 4.74 Å². The molecule has 0 aliphatic carbocycles. The third kappa shape index (κ3) is 8.18. The summed E-state index contributed by atoms with van der Waals surface area (Å²) in [5.74, 6) is 0.743. The van der Waals surface area contributed by atoms with Crippen LogP contribution in [0.15, 0.2) is 11.1 Å². The third-order valence-electron chi connectivity index (χ3n) is 1.14. The number of ether oxygens (including phenoxy) is 1. The van der Waals surface area contributed by atoms with E-state index < -0.39 is 0 Å². The van der Waals surface area contributed by atoms with Crippen molar-refractivity contribution in [1.82, 2.24) is 0 Å². The first-order chi connectivity index (χ1) is 4.77. The summed E-state index contributed by atoms with van der Waals surface area (Å²) in [6, 6.07) is 0. The van der Waals surface area contributed by atoms with Crippen molar-refractivity contribution in [3.05, 3.63) is 11.1 Å². The van der Waals surface area contributed by atoms with Crippen LogP contribution in [-0.4, -0.2) is 13.2 Å². The van der Waals surface area contributed by atoms with Crippen LogP contribution in [0.1, 0.15) is 20.3 Å². The molecule has 0 fully saturated rings. The average molecular weight is 207 g/mol. The molecule has 0 aromatic heterocycles. The molecule has 0 aliphatic rings. The Labute approximate surface area is 71.6 Å². The topological polar surface area (TPSA) is 9.23 Å². The molecule has 60 valence electrons. The summed E-state index contributed by atoms with van der Waals surface area (Å²) >= 11 is 3.17. The van der Waals surface area contributed by atoms with E-state index in [4.69, 9.17) is 4.74 Å². The summed E-state index contributed by atoms with van der Waals surface area (Å²) in [4.78, 5) is 1.82. The highest BCUT2D eigenvalue weighted by atomic mass is 79.9. The van der Waals surface area contributed by atoms with E-state index >= 15 is 0 Å². The Morgan fingerprint density at radius 3 is 2.70 bits per heavy atom. The molecular formula is C8H15BrO. The highest BCUT2D eigenvalue weighted by molar-refractivity contribution is 9.11. The fourth-order valence-corrected chi connectivity index (χ4v) is 0.659. The second-order valence-corrected chi connectivity index (χ2v) is 3.15. The maximum atomic E-state index is 5.27. The third-order valence-corrected chi connectivity index (χ3v) is 1.52. The SMILES string of the molecule is CC(C)CCOC/C=C\Br. The number of hydrogen-bond donors (Lipinski definition) is 0. The molecule has 0 atom stereocenters. The van der Waals surface area contributed by atoms with Gasteiger partial charge in [0.25, 0.3) is 0 Å². The van der Waals surface area contributed by atoms with Gasteiger partial charge in [0.15, 0.2) is 0 Å². The molecule has 2 heteroatoms. The van der Waals surface area contributed by atoms with E-state index in [9.17, 15) is 0 Å². The van der Waals surface area contributed by atoms with Crippen LogP contribution in [-0.2, 0) is 4.74 Å². The van der Waals surface area contributed by atoms with Gasteiger partial charge in [-0.25, -0.2) is 0 Å². The van der Waals surface area contributed by atoms with Gasteiger partial charge in [0.2, 0.25) is 0 Å². The van der Waals surface area contributed by atoms with E-state index in [1.165, 1.54) is 0 Å². The van der Waals surface area contributed by atoms with Crippen LogP contribution in [0, 0.1) is 5.92 Å². The van der Waals surface area contributed by atoms with Gasteiger partial charge in [0, 0.05) is 6.61 Å². The van der Waals surface area contributed by atoms with Crippen LogP contribution in [0.5, 0.6) is 0 Å². The highest BCUT2D eigenvalue weighted by Crippen LogP contribution is 1.98. The smallest absolute Gasteiger partial charge is 0.0655 e. The maximum absolute atomic E-state index is 5.27. The maximum Gasteiger partial charge on any atom is 0.0655 e. The Hall–Kier alpha value is 0.180. The summed E-state index contributed by atoms with van der Waals surface area (Å²) in [5, 5.41) is 0.